The molecule has 2 aromatic rings. The van der Waals surface area contributed by atoms with Crippen LogP contribution in [0.25, 0.3) is 10.2 Å². The van der Waals surface area contributed by atoms with E-state index in [1.54, 1.807) is 26.0 Å². The molecule has 26 heavy (non-hydrogen) atoms. The second kappa shape index (κ2) is 9.00. The van der Waals surface area contributed by atoms with Crippen molar-refractivity contribution in [3.63, 3.8) is 0 Å². The van der Waals surface area contributed by atoms with Gasteiger partial charge >= 0.3 is 0 Å². The molecule has 1 heterocycles. The number of nitrogens with zero attached hydrogens (tertiary/aromatic N) is 1. The fourth-order valence-electron chi connectivity index (χ4n) is 2.32. The minimum Gasteiger partial charge on any atom is -0.352 e. The Morgan fingerprint density at radius 2 is 1.92 bits per heavy atom. The highest BCUT2D eigenvalue weighted by Crippen LogP contribution is 2.42. The van der Waals surface area contributed by atoms with Crippen molar-refractivity contribution in [2.24, 2.45) is 5.92 Å². The minimum absolute atomic E-state index is 0.199. The fourth-order valence-corrected chi connectivity index (χ4v) is 4.93. The molecule has 0 spiro atoms. The second-order valence-electron chi connectivity index (χ2n) is 5.91. The van der Waals surface area contributed by atoms with E-state index in [-0.39, 0.29) is 11.8 Å². The molecule has 2 unspecified atom stereocenters. The summed E-state index contributed by atoms with van der Waals surface area (Å²) in [7, 11) is 0. The van der Waals surface area contributed by atoms with Crippen LogP contribution >= 0.6 is 23.1 Å². The maximum absolute atomic E-state index is 12.9. The van der Waals surface area contributed by atoms with Crippen molar-refractivity contribution in [2.75, 3.05) is 13.1 Å². The van der Waals surface area contributed by atoms with Gasteiger partial charge in [-0.15, -0.1) is 24.5 Å². The molecule has 1 aromatic heterocycles. The molecule has 0 aliphatic rings. The van der Waals surface area contributed by atoms with Crippen molar-refractivity contribution in [3.8, 4) is 0 Å². The zero-order chi connectivity index (χ0) is 19.2. The third-order valence-corrected chi connectivity index (χ3v) is 6.63. The molecule has 2 rings (SSSR count). The predicted octanol–water partition coefficient (Wildman–Crippen LogP) is 3.39. The van der Waals surface area contributed by atoms with Crippen LogP contribution in [0.1, 0.15) is 13.8 Å². The molecule has 138 valence electrons. The molecule has 5 nitrogen and oxygen atoms in total. The molecule has 1 aromatic carbocycles. The van der Waals surface area contributed by atoms with E-state index >= 15 is 0 Å². The SMILES string of the molecule is C=CCNC(=O)C(C)C(C)(Sc1nc2ccccc2s1)C(=O)NCC=C. The van der Waals surface area contributed by atoms with E-state index in [1.807, 2.05) is 24.3 Å². The van der Waals surface area contributed by atoms with Crippen LogP contribution in [0.4, 0.5) is 0 Å². The molecule has 2 amide bonds. The number of thiazole rings is 1. The van der Waals surface area contributed by atoms with Gasteiger partial charge in [0.2, 0.25) is 11.8 Å². The van der Waals surface area contributed by atoms with Gasteiger partial charge in [-0.1, -0.05) is 43.0 Å². The van der Waals surface area contributed by atoms with Crippen LogP contribution in [-0.4, -0.2) is 34.6 Å². The standard InChI is InChI=1S/C19H23N3O2S2/c1-5-11-20-16(23)13(3)19(4,17(24)21-12-6-2)26-18-22-14-9-7-8-10-15(14)25-18/h5-10,13H,1-2,11-12H2,3-4H3,(H,20,23)(H,21,24). The highest BCUT2D eigenvalue weighted by Gasteiger charge is 2.44. The summed E-state index contributed by atoms with van der Waals surface area (Å²) in [6, 6.07) is 7.81. The zero-order valence-electron chi connectivity index (χ0n) is 15.0. The van der Waals surface area contributed by atoms with Gasteiger partial charge in [-0.05, 0) is 19.1 Å². The van der Waals surface area contributed by atoms with E-state index in [9.17, 15) is 9.59 Å². The second-order valence-corrected chi connectivity index (χ2v) is 8.64. The lowest BCUT2D eigenvalue weighted by molar-refractivity contribution is -0.131. The van der Waals surface area contributed by atoms with Gasteiger partial charge in [-0.2, -0.15) is 0 Å². The Hall–Kier alpha value is -2.12. The van der Waals surface area contributed by atoms with Crippen LogP contribution in [0.3, 0.4) is 0 Å². The van der Waals surface area contributed by atoms with Gasteiger partial charge in [-0.3, -0.25) is 9.59 Å². The number of hydrogen-bond acceptors (Lipinski definition) is 5. The van der Waals surface area contributed by atoms with Gasteiger partial charge in [0.1, 0.15) is 4.75 Å². The molecule has 2 N–H and O–H groups in total. The first-order chi connectivity index (χ1) is 12.4. The summed E-state index contributed by atoms with van der Waals surface area (Å²) < 4.78 is 0.792. The molecule has 0 bridgehead atoms. The van der Waals surface area contributed by atoms with Gasteiger partial charge in [0.05, 0.1) is 16.1 Å². The van der Waals surface area contributed by atoms with Gasteiger partial charge in [0.25, 0.3) is 0 Å². The lowest BCUT2D eigenvalue weighted by Crippen LogP contribution is -2.51. The summed E-state index contributed by atoms with van der Waals surface area (Å²) in [4.78, 5) is 30.0. The van der Waals surface area contributed by atoms with Crippen LogP contribution in [0.15, 0.2) is 53.9 Å². The molecule has 0 saturated heterocycles. The number of hydrogen-bond donors (Lipinski definition) is 2. The summed E-state index contributed by atoms with van der Waals surface area (Å²) in [6.45, 7) is 11.5. The van der Waals surface area contributed by atoms with Gasteiger partial charge in [0, 0.05) is 13.1 Å². The average molecular weight is 390 g/mol. The molecule has 2 atom stereocenters. The highest BCUT2D eigenvalue weighted by atomic mass is 32.2. The van der Waals surface area contributed by atoms with Crippen LogP contribution in [0, 0.1) is 5.92 Å². The van der Waals surface area contributed by atoms with E-state index in [0.717, 1.165) is 14.6 Å². The summed E-state index contributed by atoms with van der Waals surface area (Å²) in [5.41, 5.74) is 0.887. The van der Waals surface area contributed by atoms with Crippen LogP contribution in [0.2, 0.25) is 0 Å². The zero-order valence-corrected chi connectivity index (χ0v) is 16.6. The third-order valence-electron chi connectivity index (χ3n) is 4.07. The Morgan fingerprint density at radius 1 is 1.27 bits per heavy atom. The number of nitrogens with one attached hydrogen (secondary N) is 2. The quantitative estimate of drug-likeness (QED) is 0.509. The van der Waals surface area contributed by atoms with Crippen molar-refractivity contribution in [3.05, 3.63) is 49.6 Å². The van der Waals surface area contributed by atoms with Crippen molar-refractivity contribution >= 4 is 45.1 Å². The molecule has 0 fully saturated rings. The molecule has 7 heteroatoms. The number of aromatic nitrogens is 1. The molecule has 0 radical (unpaired) electrons. The van der Waals surface area contributed by atoms with Gasteiger partial charge < -0.3 is 10.6 Å². The first-order valence-corrected chi connectivity index (χ1v) is 9.88. The predicted molar refractivity (Wildman–Crippen MR) is 109 cm³/mol. The van der Waals surface area contributed by atoms with Gasteiger partial charge in [0.15, 0.2) is 4.34 Å². The topological polar surface area (TPSA) is 71.1 Å². The van der Waals surface area contributed by atoms with E-state index in [0.29, 0.717) is 13.1 Å². The Morgan fingerprint density at radius 3 is 2.58 bits per heavy atom. The summed E-state index contributed by atoms with van der Waals surface area (Å²) in [6.07, 6.45) is 3.23. The van der Waals surface area contributed by atoms with E-state index in [2.05, 4.69) is 28.8 Å². The summed E-state index contributed by atoms with van der Waals surface area (Å²) >= 11 is 2.84. The lowest BCUT2D eigenvalue weighted by atomic mass is 9.93. The Balaban J connectivity index is 2.32. The number of thioether (sulfide) groups is 1. The number of fused-ring (bicyclic) bond motifs is 1. The number of para-hydroxylation sites is 1. The third kappa shape index (κ3) is 4.53. The maximum Gasteiger partial charge on any atom is 0.237 e. The first-order valence-electron chi connectivity index (χ1n) is 8.24. The van der Waals surface area contributed by atoms with Crippen molar-refractivity contribution in [2.45, 2.75) is 22.9 Å². The number of carbonyl (C=O) groups excluding carboxylic acids is 2. The highest BCUT2D eigenvalue weighted by molar-refractivity contribution is 8.03. The maximum atomic E-state index is 12.9. The number of carbonyl (C=O) groups is 2. The Bertz CT molecular complexity index is 785. The monoisotopic (exact) mass is 389 g/mol. The smallest absolute Gasteiger partial charge is 0.237 e. The normalized spacial score (nSPS) is 14.2. The average Bonchev–Trinajstić information content (AvgIpc) is 3.05. The van der Waals surface area contributed by atoms with E-state index in [4.69, 9.17) is 0 Å². The molecular formula is C19H23N3O2S2. The molecule has 0 aliphatic carbocycles. The molecule has 0 aliphatic heterocycles. The Kier molecular flexibility index (Phi) is 6.99. The fraction of sp³-hybridized carbons (Fsp3) is 0.316. The van der Waals surface area contributed by atoms with Crippen LogP contribution < -0.4 is 10.6 Å². The van der Waals surface area contributed by atoms with Crippen LogP contribution in [-0.2, 0) is 9.59 Å². The molecular weight excluding hydrogens is 366 g/mol. The number of rotatable bonds is 9. The first kappa shape index (κ1) is 20.2. The summed E-state index contributed by atoms with van der Waals surface area (Å²) in [5, 5.41) is 5.59. The summed E-state index contributed by atoms with van der Waals surface area (Å²) in [5.74, 6) is -0.984. The van der Waals surface area contributed by atoms with Crippen LogP contribution in [0.5, 0.6) is 0 Å². The number of benzene rings is 1. The van der Waals surface area contributed by atoms with Crippen molar-refractivity contribution in [1.82, 2.24) is 15.6 Å². The minimum atomic E-state index is -1.01. The van der Waals surface area contributed by atoms with E-state index < -0.39 is 10.7 Å². The van der Waals surface area contributed by atoms with Crippen molar-refractivity contribution < 1.29 is 9.59 Å². The lowest BCUT2D eigenvalue weighted by Gasteiger charge is -2.31. The van der Waals surface area contributed by atoms with Gasteiger partial charge in [-0.25, -0.2) is 4.98 Å². The Labute approximate surface area is 162 Å². The van der Waals surface area contributed by atoms with E-state index in [1.165, 1.54) is 23.1 Å². The molecule has 0 saturated carbocycles. The largest absolute Gasteiger partial charge is 0.352 e. The number of amides is 2. The van der Waals surface area contributed by atoms with Crippen molar-refractivity contribution in [1.29, 1.82) is 0 Å².